The van der Waals surface area contributed by atoms with E-state index in [-0.39, 0.29) is 29.4 Å². The molecule has 1 spiro atoms. The third-order valence-electron chi connectivity index (χ3n) is 10.1. The second kappa shape index (κ2) is 10.1. The average molecular weight is 554 g/mol. The first-order chi connectivity index (χ1) is 19.2. The number of carbonyl (C=O) groups is 3. The number of methoxy groups -OCH3 is 2. The molecule has 3 saturated heterocycles. The molecule has 0 radical (unpaired) electrons. The predicted octanol–water partition coefficient (Wildman–Crippen LogP) is 2.34. The molecule has 7 atom stereocenters. The van der Waals surface area contributed by atoms with Gasteiger partial charge in [-0.2, -0.15) is 0 Å². The van der Waals surface area contributed by atoms with E-state index >= 15 is 0 Å². The van der Waals surface area contributed by atoms with Crippen LogP contribution in [0, 0.1) is 17.8 Å². The summed E-state index contributed by atoms with van der Waals surface area (Å²) in [6.45, 7) is 6.62. The summed E-state index contributed by atoms with van der Waals surface area (Å²) in [4.78, 5) is 38.6. The van der Waals surface area contributed by atoms with Gasteiger partial charge in [-0.05, 0) is 49.3 Å². The van der Waals surface area contributed by atoms with Crippen molar-refractivity contribution in [3.05, 3.63) is 29.3 Å². The molecule has 216 valence electrons. The Balaban J connectivity index is 0.000000227. The number of carbonyl (C=O) groups excluding carboxylic acids is 2. The van der Waals surface area contributed by atoms with E-state index in [1.807, 2.05) is 19.9 Å². The minimum Gasteiger partial charge on any atom is -0.493 e. The Morgan fingerprint density at radius 1 is 1.27 bits per heavy atom. The Bertz CT molecular complexity index is 1250. The monoisotopic (exact) mass is 553 g/mol. The molecule has 10 heteroatoms. The summed E-state index contributed by atoms with van der Waals surface area (Å²) in [7, 11) is 3.36. The minimum absolute atomic E-state index is 0.0242. The third-order valence-corrected chi connectivity index (χ3v) is 10.1. The topological polar surface area (TPSA) is 118 Å². The molecule has 2 bridgehead atoms. The highest BCUT2D eigenvalue weighted by Crippen LogP contribution is 2.66. The van der Waals surface area contributed by atoms with E-state index in [9.17, 15) is 14.4 Å². The van der Waals surface area contributed by atoms with Crippen LogP contribution in [0.15, 0.2) is 23.8 Å². The lowest BCUT2D eigenvalue weighted by Gasteiger charge is -2.58. The van der Waals surface area contributed by atoms with Crippen molar-refractivity contribution in [3.8, 4) is 11.5 Å². The maximum absolute atomic E-state index is 13.5. The fourth-order valence-electron chi connectivity index (χ4n) is 8.66. The Labute approximate surface area is 234 Å². The van der Waals surface area contributed by atoms with Gasteiger partial charge in [-0.25, -0.2) is 4.79 Å². The number of rotatable bonds is 7. The van der Waals surface area contributed by atoms with Gasteiger partial charge in [0, 0.05) is 30.0 Å². The van der Waals surface area contributed by atoms with Crippen LogP contribution in [-0.2, 0) is 24.5 Å². The second-order valence-corrected chi connectivity index (χ2v) is 12.3. The van der Waals surface area contributed by atoms with Crippen molar-refractivity contribution in [2.24, 2.45) is 17.8 Å². The van der Waals surface area contributed by atoms with Gasteiger partial charge in [0.05, 0.1) is 45.1 Å². The molecule has 1 aromatic rings. The lowest BCUT2D eigenvalue weighted by Crippen LogP contribution is -2.69. The van der Waals surface area contributed by atoms with Gasteiger partial charge >= 0.3 is 5.97 Å². The maximum atomic E-state index is 13.5. The highest BCUT2D eigenvalue weighted by atomic mass is 16.5. The molecule has 0 unspecified atom stereocenters. The zero-order chi connectivity index (χ0) is 28.3. The number of amides is 2. The zero-order valence-corrected chi connectivity index (χ0v) is 23.6. The number of piperidine rings is 2. The first-order valence-corrected chi connectivity index (χ1v) is 14.3. The van der Waals surface area contributed by atoms with Crippen LogP contribution in [-0.4, -0.2) is 86.4 Å². The number of nitrogens with one attached hydrogen (secondary N) is 1. The second-order valence-electron chi connectivity index (χ2n) is 12.3. The molecular weight excluding hydrogens is 514 g/mol. The van der Waals surface area contributed by atoms with Crippen LogP contribution in [0.1, 0.15) is 45.1 Å². The first-order valence-electron chi connectivity index (χ1n) is 14.3. The van der Waals surface area contributed by atoms with E-state index in [1.54, 1.807) is 19.8 Å². The van der Waals surface area contributed by atoms with E-state index in [4.69, 9.17) is 19.3 Å². The lowest BCUT2D eigenvalue weighted by atomic mass is 9.53. The summed E-state index contributed by atoms with van der Waals surface area (Å²) in [5, 5.41) is 10.8. The normalized spacial score (nSPS) is 33.2. The first kappa shape index (κ1) is 27.1. The van der Waals surface area contributed by atoms with E-state index in [0.29, 0.717) is 49.5 Å². The average Bonchev–Trinajstić information content (AvgIpc) is 3.39. The van der Waals surface area contributed by atoms with Crippen molar-refractivity contribution < 1.29 is 33.7 Å². The minimum atomic E-state index is -0.981. The van der Waals surface area contributed by atoms with Gasteiger partial charge in [-0.15, -0.1) is 0 Å². The highest BCUT2D eigenvalue weighted by Gasteiger charge is 2.71. The number of anilines is 1. The van der Waals surface area contributed by atoms with E-state index < -0.39 is 12.0 Å². The number of carboxylic acid groups (broad SMARTS) is 1. The number of hydrogen-bond acceptors (Lipinski definition) is 7. The van der Waals surface area contributed by atoms with Gasteiger partial charge in [-0.1, -0.05) is 25.5 Å². The zero-order valence-electron chi connectivity index (χ0n) is 23.6. The quantitative estimate of drug-likeness (QED) is 0.390. The summed E-state index contributed by atoms with van der Waals surface area (Å²) in [6.07, 6.45) is 5.99. The summed E-state index contributed by atoms with van der Waals surface area (Å²) >= 11 is 0. The van der Waals surface area contributed by atoms with Crippen molar-refractivity contribution in [2.75, 3.05) is 38.8 Å². The fraction of sp³-hybridized carbons (Fsp3) is 0.633. The molecule has 7 rings (SSSR count). The van der Waals surface area contributed by atoms with Crippen LogP contribution in [0.5, 0.6) is 11.5 Å². The molecule has 0 aromatic heterocycles. The summed E-state index contributed by atoms with van der Waals surface area (Å²) in [5.41, 5.74) is 3.85. The van der Waals surface area contributed by atoms with E-state index in [2.05, 4.69) is 27.3 Å². The van der Waals surface area contributed by atoms with Crippen LogP contribution in [0.25, 0.3) is 0 Å². The van der Waals surface area contributed by atoms with E-state index in [0.717, 1.165) is 30.9 Å². The number of fused-ring (bicyclic) bond motifs is 2. The van der Waals surface area contributed by atoms with Crippen LogP contribution in [0.4, 0.5) is 5.69 Å². The molecule has 2 amide bonds. The number of carboxylic acids is 1. The molecule has 1 saturated carbocycles. The molecule has 2 N–H and O–H groups in total. The van der Waals surface area contributed by atoms with Crippen LogP contribution < -0.4 is 19.7 Å². The smallest absolute Gasteiger partial charge is 0.326 e. The largest absolute Gasteiger partial charge is 0.493 e. The maximum Gasteiger partial charge on any atom is 0.326 e. The number of aliphatic carboxylic acids is 1. The lowest BCUT2D eigenvalue weighted by molar-refractivity contribution is -0.141. The van der Waals surface area contributed by atoms with E-state index in [1.165, 1.54) is 12.0 Å². The number of nitrogens with zero attached hydrogens (tertiary/aromatic N) is 2. The summed E-state index contributed by atoms with van der Waals surface area (Å²) in [6, 6.07) is 4.13. The highest BCUT2D eigenvalue weighted by molar-refractivity contribution is 5.99. The molecule has 5 heterocycles. The Morgan fingerprint density at radius 3 is 2.70 bits per heavy atom. The van der Waals surface area contributed by atoms with Gasteiger partial charge in [0.25, 0.3) is 0 Å². The predicted molar refractivity (Wildman–Crippen MR) is 147 cm³/mol. The molecular formula is C30H39N3O7. The van der Waals surface area contributed by atoms with Gasteiger partial charge < -0.3 is 29.5 Å². The van der Waals surface area contributed by atoms with Crippen LogP contribution >= 0.6 is 0 Å². The van der Waals surface area contributed by atoms with Gasteiger partial charge in [0.1, 0.15) is 6.04 Å². The van der Waals surface area contributed by atoms with Crippen LogP contribution in [0.3, 0.4) is 0 Å². The van der Waals surface area contributed by atoms with Crippen molar-refractivity contribution in [2.45, 2.75) is 69.2 Å². The molecule has 4 fully saturated rings. The third kappa shape index (κ3) is 3.86. The summed E-state index contributed by atoms with van der Waals surface area (Å²) in [5.74, 6) is 1.86. The van der Waals surface area contributed by atoms with Gasteiger partial charge in [-0.3, -0.25) is 14.5 Å². The summed E-state index contributed by atoms with van der Waals surface area (Å²) < 4.78 is 17.6. The molecule has 1 aliphatic carbocycles. The number of benzene rings is 1. The van der Waals surface area contributed by atoms with Crippen molar-refractivity contribution in [1.29, 1.82) is 0 Å². The Kier molecular flexibility index (Phi) is 6.81. The molecule has 10 nitrogen and oxygen atoms in total. The van der Waals surface area contributed by atoms with Crippen LogP contribution in [0.2, 0.25) is 0 Å². The molecule has 40 heavy (non-hydrogen) atoms. The number of ether oxygens (including phenoxy) is 3. The van der Waals surface area contributed by atoms with Crippen molar-refractivity contribution >= 4 is 24.0 Å². The SMILES string of the molecule is CC(C)C[C@@H](NC=O)C(=O)O.COc1cc2c(cc1OC)[C@@]13CCN4CC5=CCO[C@H]6CC(=O)N2[C@H]1[C@H]6[C@H]5C[C@H]43. The van der Waals surface area contributed by atoms with Crippen molar-refractivity contribution in [1.82, 2.24) is 10.2 Å². The number of hydrogen-bond donors (Lipinski definition) is 2. The Hall–Kier alpha value is -3.11. The standard InChI is InChI=1S/C23H26N2O4.C7H13NO3/c1-27-16-8-14-15(9-17(16)28-2)25-20(26)10-18-21-13-7-19-23(14,22(21)25)4-5-24(19)11-12(13)3-6-29-18;1-5(2)3-6(7(10)11)8-4-9/h3,8-9,13,18-19,21-22H,4-7,10-11H2,1-2H3;4-6H,3H2,1-2H3,(H,8,9)(H,10,11)/t13-,18-,19-,21-,22-,23+;6-/m01/s1. The molecule has 6 aliphatic rings. The van der Waals surface area contributed by atoms with Gasteiger partial charge in [0.2, 0.25) is 12.3 Å². The Morgan fingerprint density at radius 2 is 2.02 bits per heavy atom. The van der Waals surface area contributed by atoms with Gasteiger partial charge in [0.15, 0.2) is 11.5 Å². The molecule has 5 aliphatic heterocycles. The van der Waals surface area contributed by atoms with Crippen molar-refractivity contribution in [3.63, 3.8) is 0 Å². The fourth-order valence-corrected chi connectivity index (χ4v) is 8.66. The molecule has 1 aromatic carbocycles.